The summed E-state index contributed by atoms with van der Waals surface area (Å²) in [5.41, 5.74) is -1.11. The molecule has 0 saturated carbocycles. The lowest BCUT2D eigenvalue weighted by Crippen LogP contribution is -2.61. The molecule has 0 aromatic heterocycles. The van der Waals surface area contributed by atoms with Crippen molar-refractivity contribution in [2.45, 2.75) is 72.3 Å². The van der Waals surface area contributed by atoms with E-state index in [2.05, 4.69) is 10.6 Å². The van der Waals surface area contributed by atoms with Crippen molar-refractivity contribution in [2.75, 3.05) is 13.1 Å². The van der Waals surface area contributed by atoms with Crippen molar-refractivity contribution in [3.05, 3.63) is 34.9 Å². The molecule has 0 aliphatic carbocycles. The Balaban J connectivity index is 2.13. The minimum absolute atomic E-state index is 0.0699. The first-order valence-corrected chi connectivity index (χ1v) is 12.0. The fourth-order valence-corrected chi connectivity index (χ4v) is 4.45. The van der Waals surface area contributed by atoms with Crippen LogP contribution in [0.3, 0.4) is 0 Å². The van der Waals surface area contributed by atoms with E-state index in [1.165, 1.54) is 25.7 Å². The van der Waals surface area contributed by atoms with Crippen molar-refractivity contribution < 1.29 is 29.0 Å². The highest BCUT2D eigenvalue weighted by molar-refractivity contribution is 6.30. The summed E-state index contributed by atoms with van der Waals surface area (Å²) >= 11 is 5.99. The Hall–Kier alpha value is -2.65. The fourth-order valence-electron chi connectivity index (χ4n) is 4.33. The second-order valence-electron chi connectivity index (χ2n) is 10.6. The van der Waals surface area contributed by atoms with Crippen LogP contribution in [-0.4, -0.2) is 64.7 Å². The average molecular weight is 510 g/mol. The van der Waals surface area contributed by atoms with Crippen LogP contribution < -0.4 is 10.6 Å². The van der Waals surface area contributed by atoms with E-state index in [1.807, 2.05) is 26.0 Å². The second-order valence-corrected chi connectivity index (χ2v) is 11.0. The van der Waals surface area contributed by atoms with Crippen molar-refractivity contribution >= 4 is 35.3 Å². The molecule has 2 rings (SSSR count). The number of carbonyl (C=O) groups is 4. The van der Waals surface area contributed by atoms with Gasteiger partial charge in [-0.15, -0.1) is 0 Å². The van der Waals surface area contributed by atoms with E-state index in [0.717, 1.165) is 5.56 Å². The van der Waals surface area contributed by atoms with Gasteiger partial charge in [-0.3, -0.25) is 9.59 Å². The molecule has 0 bridgehead atoms. The van der Waals surface area contributed by atoms with Crippen LogP contribution in [0, 0.1) is 11.3 Å². The highest BCUT2D eigenvalue weighted by atomic mass is 35.5. The monoisotopic (exact) mass is 509 g/mol. The zero-order valence-electron chi connectivity index (χ0n) is 21.3. The minimum Gasteiger partial charge on any atom is -0.438 e. The molecule has 1 heterocycles. The van der Waals surface area contributed by atoms with Gasteiger partial charge in [0.2, 0.25) is 5.91 Å². The van der Waals surface area contributed by atoms with Crippen LogP contribution in [0.5, 0.6) is 0 Å². The molecule has 10 heteroatoms. The van der Waals surface area contributed by atoms with Gasteiger partial charge in [0.15, 0.2) is 11.5 Å². The third-order valence-electron chi connectivity index (χ3n) is 5.89. The Bertz CT molecular complexity index is 958. The highest BCUT2D eigenvalue weighted by Gasteiger charge is 2.45. The van der Waals surface area contributed by atoms with E-state index >= 15 is 0 Å². The number of hydrogen-bond acceptors (Lipinski definition) is 6. The quantitative estimate of drug-likeness (QED) is 0.383. The van der Waals surface area contributed by atoms with E-state index in [0.29, 0.717) is 11.6 Å². The van der Waals surface area contributed by atoms with Crippen LogP contribution in [0.25, 0.3) is 0 Å². The van der Waals surface area contributed by atoms with Gasteiger partial charge in [0.25, 0.3) is 0 Å². The number of amides is 3. The summed E-state index contributed by atoms with van der Waals surface area (Å²) < 4.78 is 5.08. The van der Waals surface area contributed by atoms with Gasteiger partial charge in [-0.2, -0.15) is 0 Å². The number of nitrogens with zero attached hydrogens (tertiary/aromatic N) is 1. The first kappa shape index (κ1) is 28.6. The molecular formula is C25H36ClN3O6. The topological polar surface area (TPSA) is 125 Å². The zero-order valence-corrected chi connectivity index (χ0v) is 22.1. The molecule has 3 atom stereocenters. The lowest BCUT2D eigenvalue weighted by atomic mass is 9.69. The number of halogens is 1. The van der Waals surface area contributed by atoms with Gasteiger partial charge in [-0.1, -0.05) is 51.4 Å². The lowest BCUT2D eigenvalue weighted by Gasteiger charge is -2.44. The molecule has 3 unspecified atom stereocenters. The van der Waals surface area contributed by atoms with E-state index in [1.54, 1.807) is 26.0 Å². The SMILES string of the molecule is CC(O)C(=O)OC(C)(C)NC(=O)NC(C(=O)N1CC(=O)C(c2ccc(Cl)cc2)C(C)(C)C1)C(C)C. The number of rotatable bonds is 7. The van der Waals surface area contributed by atoms with Crippen molar-refractivity contribution in [1.82, 2.24) is 15.5 Å². The summed E-state index contributed by atoms with van der Waals surface area (Å²) in [6.07, 6.45) is -1.35. The van der Waals surface area contributed by atoms with Crippen LogP contribution in [0.4, 0.5) is 4.79 Å². The summed E-state index contributed by atoms with van der Waals surface area (Å²) in [5, 5.41) is 15.1. The van der Waals surface area contributed by atoms with Gasteiger partial charge in [-0.05, 0) is 49.8 Å². The maximum atomic E-state index is 13.4. The molecular weight excluding hydrogens is 474 g/mol. The molecule has 1 aromatic rings. The Morgan fingerprint density at radius 1 is 1.17 bits per heavy atom. The summed E-state index contributed by atoms with van der Waals surface area (Å²) in [6, 6.07) is 5.53. The molecule has 1 aliphatic heterocycles. The number of esters is 1. The van der Waals surface area contributed by atoms with E-state index in [-0.39, 0.29) is 30.1 Å². The number of piperidine rings is 1. The number of aliphatic hydroxyl groups is 1. The number of nitrogens with one attached hydrogen (secondary N) is 2. The number of carbonyl (C=O) groups excluding carboxylic acids is 4. The molecule has 1 aromatic carbocycles. The molecule has 0 spiro atoms. The molecule has 1 saturated heterocycles. The van der Waals surface area contributed by atoms with Crippen molar-refractivity contribution in [1.29, 1.82) is 0 Å². The number of hydrogen-bond donors (Lipinski definition) is 3. The number of benzene rings is 1. The summed E-state index contributed by atoms with van der Waals surface area (Å²) in [7, 11) is 0. The number of Topliss-reactive ketones (excluding diaryl/α,β-unsaturated/α-hetero) is 1. The van der Waals surface area contributed by atoms with Gasteiger partial charge in [0.1, 0.15) is 12.1 Å². The van der Waals surface area contributed by atoms with Gasteiger partial charge < -0.3 is 25.4 Å². The van der Waals surface area contributed by atoms with Gasteiger partial charge in [0.05, 0.1) is 12.5 Å². The van der Waals surface area contributed by atoms with Gasteiger partial charge in [0, 0.05) is 11.6 Å². The molecule has 9 nitrogen and oxygen atoms in total. The number of ketones is 1. The van der Waals surface area contributed by atoms with Crippen LogP contribution in [0.15, 0.2) is 24.3 Å². The average Bonchev–Trinajstić information content (AvgIpc) is 2.70. The first-order valence-electron chi connectivity index (χ1n) is 11.6. The molecule has 1 aliphatic rings. The van der Waals surface area contributed by atoms with Crippen molar-refractivity contribution in [2.24, 2.45) is 11.3 Å². The summed E-state index contributed by atoms with van der Waals surface area (Å²) in [5.74, 6) is -2.01. The smallest absolute Gasteiger partial charge is 0.336 e. The minimum atomic E-state index is -1.42. The van der Waals surface area contributed by atoms with E-state index in [4.69, 9.17) is 16.3 Å². The summed E-state index contributed by atoms with van der Waals surface area (Å²) in [4.78, 5) is 52.4. The maximum absolute atomic E-state index is 13.4. The Kier molecular flexibility index (Phi) is 8.94. The van der Waals surface area contributed by atoms with E-state index in [9.17, 15) is 24.3 Å². The van der Waals surface area contributed by atoms with Crippen LogP contribution in [0.2, 0.25) is 5.02 Å². The van der Waals surface area contributed by atoms with Crippen molar-refractivity contribution in [3.63, 3.8) is 0 Å². The molecule has 0 radical (unpaired) electrons. The third kappa shape index (κ3) is 7.41. The lowest BCUT2D eigenvalue weighted by molar-refractivity contribution is -0.167. The van der Waals surface area contributed by atoms with Crippen LogP contribution in [-0.2, 0) is 19.1 Å². The molecule has 35 heavy (non-hydrogen) atoms. The van der Waals surface area contributed by atoms with Crippen molar-refractivity contribution in [3.8, 4) is 0 Å². The second kappa shape index (κ2) is 11.0. The standard InChI is InChI=1S/C25H36ClN3O6/c1-14(2)20(27-23(34)28-25(6,7)35-22(33)15(3)30)21(32)29-12-18(31)19(24(4,5)13-29)16-8-10-17(26)11-9-16/h8-11,14-15,19-20,30H,12-13H2,1-7H3,(H2,27,28,34). The molecule has 3 N–H and O–H groups in total. The van der Waals surface area contributed by atoms with Crippen LogP contribution >= 0.6 is 11.6 Å². The number of aliphatic hydroxyl groups excluding tert-OH is 1. The Labute approximate surface area is 211 Å². The first-order chi connectivity index (χ1) is 16.0. The number of likely N-dealkylation sites (tertiary alicyclic amines) is 1. The number of urea groups is 1. The Morgan fingerprint density at radius 2 is 1.74 bits per heavy atom. The molecule has 1 fully saturated rings. The normalized spacial score (nSPS) is 19.7. The largest absolute Gasteiger partial charge is 0.438 e. The predicted octanol–water partition coefficient (Wildman–Crippen LogP) is 2.85. The van der Waals surface area contributed by atoms with Gasteiger partial charge in [-0.25, -0.2) is 9.59 Å². The summed E-state index contributed by atoms with van der Waals surface area (Å²) in [6.45, 7) is 11.9. The van der Waals surface area contributed by atoms with E-state index < -0.39 is 35.3 Å². The Morgan fingerprint density at radius 3 is 2.23 bits per heavy atom. The van der Waals surface area contributed by atoms with Crippen LogP contribution in [0.1, 0.15) is 59.9 Å². The fraction of sp³-hybridized carbons (Fsp3) is 0.600. The molecule has 3 amide bonds. The molecule has 194 valence electrons. The third-order valence-corrected chi connectivity index (χ3v) is 6.15. The zero-order chi connectivity index (χ0) is 26.7. The highest BCUT2D eigenvalue weighted by Crippen LogP contribution is 2.40. The maximum Gasteiger partial charge on any atom is 0.336 e. The number of ether oxygens (including phenoxy) is 1. The predicted molar refractivity (Wildman–Crippen MR) is 132 cm³/mol. The van der Waals surface area contributed by atoms with Gasteiger partial charge >= 0.3 is 12.0 Å².